The molecule has 170 valence electrons. The molecule has 0 saturated carbocycles. The molecule has 2 aromatic rings. The Morgan fingerprint density at radius 2 is 1.97 bits per heavy atom. The molecule has 9 nitrogen and oxygen atoms in total. The van der Waals surface area contributed by atoms with Crippen molar-refractivity contribution in [2.75, 3.05) is 33.2 Å². The molecule has 4 rings (SSSR count). The van der Waals surface area contributed by atoms with Crippen molar-refractivity contribution >= 4 is 50.2 Å². The van der Waals surface area contributed by atoms with E-state index in [1.54, 1.807) is 37.4 Å². The monoisotopic (exact) mass is 477 g/mol. The predicted octanol–water partition coefficient (Wildman–Crippen LogP) is 1.18. The van der Waals surface area contributed by atoms with Gasteiger partial charge in [-0.05, 0) is 47.9 Å². The number of nitrogens with zero attached hydrogens (tertiary/aromatic N) is 3. The largest absolute Gasteiger partial charge is 0.354 e. The van der Waals surface area contributed by atoms with Gasteiger partial charge < -0.3 is 10.2 Å². The van der Waals surface area contributed by atoms with E-state index in [1.165, 1.54) is 15.9 Å². The maximum Gasteiger partial charge on any atom is 0.248 e. The Morgan fingerprint density at radius 1 is 1.22 bits per heavy atom. The molecular weight excluding hydrogens is 454 g/mol. The Bertz CT molecular complexity index is 1200. The van der Waals surface area contributed by atoms with E-state index in [2.05, 4.69) is 15.0 Å². The Hall–Kier alpha value is -2.69. The fraction of sp³-hybridized carbons (Fsp3) is 0.381. The summed E-state index contributed by atoms with van der Waals surface area (Å²) in [5, 5.41) is 5.13. The molecule has 2 N–H and O–H groups in total. The number of hydrogen-bond donors (Lipinski definition) is 2. The molecule has 0 bridgehead atoms. The lowest BCUT2D eigenvalue weighted by Gasteiger charge is -2.32. The van der Waals surface area contributed by atoms with E-state index in [-0.39, 0.29) is 17.3 Å². The minimum atomic E-state index is -3.93. The second kappa shape index (κ2) is 9.05. The Kier molecular flexibility index (Phi) is 6.36. The van der Waals surface area contributed by atoms with Crippen LogP contribution in [0.15, 0.2) is 46.3 Å². The van der Waals surface area contributed by atoms with E-state index in [1.807, 2.05) is 0 Å². The molecule has 2 aliphatic heterocycles. The number of rotatable bonds is 5. The Labute approximate surface area is 191 Å². The van der Waals surface area contributed by atoms with Crippen molar-refractivity contribution in [3.05, 3.63) is 41.4 Å². The summed E-state index contributed by atoms with van der Waals surface area (Å²) in [5.41, 5.74) is 0. The second-order valence-corrected chi connectivity index (χ2v) is 9.90. The summed E-state index contributed by atoms with van der Waals surface area (Å²) < 4.78 is 28.5. The van der Waals surface area contributed by atoms with Crippen LogP contribution in [0.3, 0.4) is 0 Å². The van der Waals surface area contributed by atoms with E-state index in [0.717, 1.165) is 10.8 Å². The Balaban J connectivity index is 1.47. The Morgan fingerprint density at radius 3 is 2.75 bits per heavy atom. The number of nitrogens with one attached hydrogen (secondary N) is 2. The molecule has 0 aromatic heterocycles. The zero-order valence-electron chi connectivity index (χ0n) is 17.5. The summed E-state index contributed by atoms with van der Waals surface area (Å²) in [5.74, 6) is -0.169. The average Bonchev–Trinajstić information content (AvgIpc) is 3.25. The van der Waals surface area contributed by atoms with Crippen LogP contribution in [0.1, 0.15) is 12.8 Å². The molecule has 32 heavy (non-hydrogen) atoms. The minimum Gasteiger partial charge on any atom is -0.354 e. The highest BCUT2D eigenvalue weighted by molar-refractivity contribution is 7.89. The van der Waals surface area contributed by atoms with E-state index in [0.29, 0.717) is 43.5 Å². The SMILES string of the molecule is CN=C1NCCN1C(=O)CN1CCC[C@H](NS(=O)(=O)c2ccc3cc(Cl)ccc3c2)C1=O. The highest BCUT2D eigenvalue weighted by atomic mass is 35.5. The number of amides is 2. The van der Waals surface area contributed by atoms with Crippen LogP contribution < -0.4 is 10.0 Å². The van der Waals surface area contributed by atoms with Crippen LogP contribution in [-0.2, 0) is 19.6 Å². The smallest absolute Gasteiger partial charge is 0.248 e. The first-order chi connectivity index (χ1) is 15.3. The van der Waals surface area contributed by atoms with Gasteiger partial charge in [-0.25, -0.2) is 8.42 Å². The average molecular weight is 478 g/mol. The number of sulfonamides is 1. The topological polar surface area (TPSA) is 111 Å². The molecule has 0 spiro atoms. The fourth-order valence-electron chi connectivity index (χ4n) is 4.00. The molecule has 2 aliphatic rings. The van der Waals surface area contributed by atoms with Crippen LogP contribution >= 0.6 is 11.6 Å². The molecule has 2 heterocycles. The molecule has 2 fully saturated rings. The number of piperidine rings is 1. The number of carbonyl (C=O) groups is 2. The van der Waals surface area contributed by atoms with Gasteiger partial charge in [0, 0.05) is 31.7 Å². The maximum absolute atomic E-state index is 13.0. The molecule has 0 unspecified atom stereocenters. The summed E-state index contributed by atoms with van der Waals surface area (Å²) in [7, 11) is -2.34. The summed E-state index contributed by atoms with van der Waals surface area (Å²) in [6.07, 6.45) is 0.967. The fourth-order valence-corrected chi connectivity index (χ4v) is 5.44. The van der Waals surface area contributed by atoms with Crippen LogP contribution in [0, 0.1) is 0 Å². The van der Waals surface area contributed by atoms with Crippen LogP contribution in [0.25, 0.3) is 10.8 Å². The van der Waals surface area contributed by atoms with Gasteiger partial charge >= 0.3 is 0 Å². The molecule has 2 amide bonds. The number of guanidine groups is 1. The van der Waals surface area contributed by atoms with Crippen LogP contribution in [0.4, 0.5) is 0 Å². The molecular formula is C21H24ClN5O4S. The van der Waals surface area contributed by atoms with Gasteiger partial charge in [0.15, 0.2) is 0 Å². The first-order valence-corrected chi connectivity index (χ1v) is 12.2. The minimum absolute atomic E-state index is 0.0697. The third kappa shape index (κ3) is 4.57. The van der Waals surface area contributed by atoms with E-state index in [4.69, 9.17) is 11.6 Å². The quantitative estimate of drug-likeness (QED) is 0.671. The zero-order chi connectivity index (χ0) is 22.9. The number of aliphatic imine (C=N–C) groups is 1. The lowest BCUT2D eigenvalue weighted by Crippen LogP contribution is -2.54. The predicted molar refractivity (Wildman–Crippen MR) is 122 cm³/mol. The normalized spacial score (nSPS) is 20.8. The molecule has 0 aliphatic carbocycles. The van der Waals surface area contributed by atoms with E-state index >= 15 is 0 Å². The van der Waals surface area contributed by atoms with Crippen molar-refractivity contribution < 1.29 is 18.0 Å². The summed E-state index contributed by atoms with van der Waals surface area (Å²) >= 11 is 5.99. The lowest BCUT2D eigenvalue weighted by atomic mass is 10.1. The third-order valence-corrected chi connectivity index (χ3v) is 7.33. The van der Waals surface area contributed by atoms with Crippen molar-refractivity contribution in [3.63, 3.8) is 0 Å². The number of benzene rings is 2. The van der Waals surface area contributed by atoms with Gasteiger partial charge in [-0.2, -0.15) is 4.72 Å². The summed E-state index contributed by atoms with van der Waals surface area (Å²) in [6.45, 7) is 1.37. The number of likely N-dealkylation sites (tertiary alicyclic amines) is 1. The lowest BCUT2D eigenvalue weighted by molar-refractivity contribution is -0.141. The van der Waals surface area contributed by atoms with E-state index < -0.39 is 22.0 Å². The molecule has 2 saturated heterocycles. The van der Waals surface area contributed by atoms with Gasteiger partial charge in [0.2, 0.25) is 27.8 Å². The van der Waals surface area contributed by atoms with Gasteiger partial charge in [0.25, 0.3) is 0 Å². The van der Waals surface area contributed by atoms with Gasteiger partial charge in [-0.3, -0.25) is 19.5 Å². The highest BCUT2D eigenvalue weighted by Crippen LogP contribution is 2.23. The van der Waals surface area contributed by atoms with Gasteiger partial charge in [-0.1, -0.05) is 23.7 Å². The van der Waals surface area contributed by atoms with E-state index in [9.17, 15) is 18.0 Å². The van der Waals surface area contributed by atoms with Crippen molar-refractivity contribution in [3.8, 4) is 0 Å². The maximum atomic E-state index is 13.0. The number of fused-ring (bicyclic) bond motifs is 1. The summed E-state index contributed by atoms with van der Waals surface area (Å²) in [4.78, 5) is 32.6. The standard InChI is InChI=1S/C21H24ClN5O4S/c1-23-21-24-8-10-27(21)19(28)13-26-9-2-3-18(20(26)29)25-32(30,31)17-7-5-14-11-16(22)6-4-15(14)12-17/h4-7,11-12,18,25H,2-3,8-10,13H2,1H3,(H,23,24)/t18-/m0/s1. The molecule has 1 atom stereocenters. The van der Waals surface area contributed by atoms with Crippen molar-refractivity contribution in [2.24, 2.45) is 4.99 Å². The van der Waals surface area contributed by atoms with Crippen LogP contribution in [0.5, 0.6) is 0 Å². The van der Waals surface area contributed by atoms with Gasteiger partial charge in [-0.15, -0.1) is 0 Å². The summed E-state index contributed by atoms with van der Waals surface area (Å²) in [6, 6.07) is 8.99. The first kappa shape index (κ1) is 22.5. The molecule has 11 heteroatoms. The van der Waals surface area contributed by atoms with Crippen molar-refractivity contribution in [1.29, 1.82) is 0 Å². The van der Waals surface area contributed by atoms with Crippen LogP contribution in [-0.4, -0.2) is 75.3 Å². The number of carbonyl (C=O) groups excluding carboxylic acids is 2. The van der Waals surface area contributed by atoms with Crippen molar-refractivity contribution in [1.82, 2.24) is 19.8 Å². The van der Waals surface area contributed by atoms with Gasteiger partial charge in [0.1, 0.15) is 12.6 Å². The molecule has 0 radical (unpaired) electrons. The molecule has 2 aromatic carbocycles. The third-order valence-electron chi connectivity index (χ3n) is 5.63. The van der Waals surface area contributed by atoms with Gasteiger partial charge in [0.05, 0.1) is 4.90 Å². The van der Waals surface area contributed by atoms with Crippen LogP contribution in [0.2, 0.25) is 5.02 Å². The zero-order valence-corrected chi connectivity index (χ0v) is 19.1. The number of halogens is 1. The highest BCUT2D eigenvalue weighted by Gasteiger charge is 2.35. The number of hydrogen-bond acceptors (Lipinski definition) is 5. The second-order valence-electron chi connectivity index (χ2n) is 7.75. The first-order valence-electron chi connectivity index (χ1n) is 10.3. The van der Waals surface area contributed by atoms with Crippen molar-refractivity contribution in [2.45, 2.75) is 23.8 Å².